The van der Waals surface area contributed by atoms with Crippen LogP contribution in [0, 0.1) is 0 Å². The molecule has 122 valence electrons. The van der Waals surface area contributed by atoms with E-state index in [2.05, 4.69) is 16.7 Å². The summed E-state index contributed by atoms with van der Waals surface area (Å²) in [6, 6.07) is 28.2. The second-order valence-electron chi connectivity index (χ2n) is 5.70. The first-order valence-corrected chi connectivity index (χ1v) is 8.16. The summed E-state index contributed by atoms with van der Waals surface area (Å²) in [6.07, 6.45) is 2.03. The van der Waals surface area contributed by atoms with Crippen molar-refractivity contribution in [3.05, 3.63) is 91.1 Å². The highest BCUT2D eigenvalue weighted by Gasteiger charge is 2.24. The number of nitrogens with zero attached hydrogens (tertiary/aromatic N) is 1. The fourth-order valence-electron chi connectivity index (χ4n) is 2.80. The van der Waals surface area contributed by atoms with Crippen LogP contribution in [0.25, 0.3) is 28.5 Å². The van der Waals surface area contributed by atoms with Gasteiger partial charge in [0, 0.05) is 17.7 Å². The maximum absolute atomic E-state index is 6.24. The Hall–Kier alpha value is -3.33. The van der Waals surface area contributed by atoms with Gasteiger partial charge in [-0.15, -0.1) is 4.57 Å². The Balaban J connectivity index is 1.87. The van der Waals surface area contributed by atoms with E-state index in [4.69, 9.17) is 9.15 Å². The normalized spacial score (nSPS) is 10.6. The van der Waals surface area contributed by atoms with Crippen molar-refractivity contribution in [1.29, 1.82) is 0 Å². The van der Waals surface area contributed by atoms with Gasteiger partial charge in [-0.25, -0.2) is 0 Å². The van der Waals surface area contributed by atoms with Gasteiger partial charge in [-0.2, -0.15) is 0 Å². The van der Waals surface area contributed by atoms with Crippen LogP contribution in [0.3, 0.4) is 0 Å². The Bertz CT molecular complexity index is 958. The largest absolute Gasteiger partial charge is 0.497 e. The highest BCUT2D eigenvalue weighted by atomic mass is 16.5. The second-order valence-corrected chi connectivity index (χ2v) is 5.70. The molecule has 0 bridgehead atoms. The number of hydrogen-bond donors (Lipinski definition) is 0. The van der Waals surface area contributed by atoms with Crippen molar-refractivity contribution < 1.29 is 13.7 Å². The molecule has 0 fully saturated rings. The molecule has 0 aliphatic rings. The van der Waals surface area contributed by atoms with Gasteiger partial charge in [-0.3, -0.25) is 0 Å². The molecular formula is C22H18NO2+. The maximum Gasteiger partial charge on any atom is 0.387 e. The first kappa shape index (κ1) is 15.2. The van der Waals surface area contributed by atoms with Gasteiger partial charge in [-0.1, -0.05) is 48.5 Å². The van der Waals surface area contributed by atoms with Crippen LogP contribution < -0.4 is 9.30 Å². The summed E-state index contributed by atoms with van der Waals surface area (Å²) in [5.74, 6) is 2.44. The van der Waals surface area contributed by atoms with Crippen molar-refractivity contribution in [2.24, 2.45) is 0 Å². The molecule has 0 aliphatic heterocycles. The van der Waals surface area contributed by atoms with Crippen molar-refractivity contribution >= 4 is 0 Å². The van der Waals surface area contributed by atoms with Gasteiger partial charge in [0.15, 0.2) is 0 Å². The average Bonchev–Trinajstić information content (AvgIpc) is 3.15. The Morgan fingerprint density at radius 3 is 2.00 bits per heavy atom. The summed E-state index contributed by atoms with van der Waals surface area (Å²) >= 11 is 0. The summed E-state index contributed by atoms with van der Waals surface area (Å²) in [4.78, 5) is 0. The summed E-state index contributed by atoms with van der Waals surface area (Å²) in [6.45, 7) is 0. The monoisotopic (exact) mass is 328 g/mol. The molecule has 0 atom stereocenters. The fourth-order valence-corrected chi connectivity index (χ4v) is 2.80. The SMILES string of the molecule is COc1ccc(-c2oc(-c3ccccc3)c[n+]2-c2ccccc2)cc1. The standard InChI is InChI=1S/C22H18NO2/c1-24-20-14-12-18(13-15-20)22-23(19-10-6-3-7-11-19)16-21(25-22)17-8-4-2-5-9-17/h2-16H,1H3/q+1. The van der Waals surface area contributed by atoms with Crippen molar-refractivity contribution in [2.45, 2.75) is 0 Å². The molecule has 1 heterocycles. The van der Waals surface area contributed by atoms with E-state index in [0.717, 1.165) is 34.2 Å². The molecule has 3 aromatic carbocycles. The van der Waals surface area contributed by atoms with E-state index in [1.54, 1.807) is 7.11 Å². The van der Waals surface area contributed by atoms with Crippen LogP contribution in [0.1, 0.15) is 0 Å². The van der Waals surface area contributed by atoms with E-state index < -0.39 is 0 Å². The lowest BCUT2D eigenvalue weighted by atomic mass is 10.2. The summed E-state index contributed by atoms with van der Waals surface area (Å²) < 4.78 is 13.6. The molecule has 4 rings (SSSR count). The second kappa shape index (κ2) is 6.65. The lowest BCUT2D eigenvalue weighted by Gasteiger charge is -2.00. The summed E-state index contributed by atoms with van der Waals surface area (Å²) in [5, 5.41) is 0. The van der Waals surface area contributed by atoms with E-state index in [1.807, 2.05) is 79.0 Å². The van der Waals surface area contributed by atoms with Gasteiger partial charge in [0.25, 0.3) is 0 Å². The van der Waals surface area contributed by atoms with E-state index in [-0.39, 0.29) is 0 Å². The van der Waals surface area contributed by atoms with Crippen molar-refractivity contribution in [3.63, 3.8) is 0 Å². The molecule has 0 spiro atoms. The molecule has 0 radical (unpaired) electrons. The van der Waals surface area contributed by atoms with Crippen LogP contribution in [0.15, 0.2) is 95.5 Å². The molecule has 3 heteroatoms. The minimum atomic E-state index is 0.785. The van der Waals surface area contributed by atoms with Crippen LogP contribution in [0.5, 0.6) is 5.75 Å². The fraction of sp³-hybridized carbons (Fsp3) is 0.0455. The third kappa shape index (κ3) is 3.04. The van der Waals surface area contributed by atoms with Gasteiger partial charge < -0.3 is 9.15 Å². The highest BCUT2D eigenvalue weighted by molar-refractivity contribution is 5.59. The zero-order valence-electron chi connectivity index (χ0n) is 13.9. The summed E-state index contributed by atoms with van der Waals surface area (Å²) in [7, 11) is 1.67. The molecule has 0 saturated carbocycles. The Morgan fingerprint density at radius 2 is 1.36 bits per heavy atom. The average molecular weight is 328 g/mol. The number of oxazole rings is 1. The molecule has 0 saturated heterocycles. The molecule has 25 heavy (non-hydrogen) atoms. The number of para-hydroxylation sites is 1. The molecule has 3 nitrogen and oxygen atoms in total. The molecule has 1 aromatic heterocycles. The molecule has 0 aliphatic carbocycles. The minimum absolute atomic E-state index is 0.785. The Morgan fingerprint density at radius 1 is 0.720 bits per heavy atom. The van der Waals surface area contributed by atoms with Crippen molar-refractivity contribution in [2.75, 3.05) is 7.11 Å². The number of benzene rings is 3. The van der Waals surface area contributed by atoms with Gasteiger partial charge in [0.05, 0.1) is 12.7 Å². The summed E-state index contributed by atoms with van der Waals surface area (Å²) in [5.41, 5.74) is 3.10. The van der Waals surface area contributed by atoms with E-state index >= 15 is 0 Å². The van der Waals surface area contributed by atoms with E-state index in [1.165, 1.54) is 0 Å². The van der Waals surface area contributed by atoms with Crippen LogP contribution >= 0.6 is 0 Å². The van der Waals surface area contributed by atoms with Gasteiger partial charge in [0.1, 0.15) is 5.75 Å². The van der Waals surface area contributed by atoms with Gasteiger partial charge in [0.2, 0.25) is 17.6 Å². The number of aromatic nitrogens is 1. The third-order valence-electron chi connectivity index (χ3n) is 4.10. The van der Waals surface area contributed by atoms with Crippen LogP contribution in [0.4, 0.5) is 0 Å². The maximum atomic E-state index is 6.24. The van der Waals surface area contributed by atoms with Crippen LogP contribution in [-0.2, 0) is 0 Å². The van der Waals surface area contributed by atoms with Gasteiger partial charge >= 0.3 is 5.89 Å². The Kier molecular flexibility index (Phi) is 4.05. The number of hydrogen-bond acceptors (Lipinski definition) is 2. The molecule has 0 unspecified atom stereocenters. The lowest BCUT2D eigenvalue weighted by molar-refractivity contribution is -0.586. The Labute approximate surface area is 146 Å². The van der Waals surface area contributed by atoms with Crippen molar-refractivity contribution in [1.82, 2.24) is 0 Å². The minimum Gasteiger partial charge on any atom is -0.497 e. The van der Waals surface area contributed by atoms with E-state index in [0.29, 0.717) is 0 Å². The predicted octanol–water partition coefficient (Wildman–Crippen LogP) is 4.90. The van der Waals surface area contributed by atoms with Crippen molar-refractivity contribution in [3.8, 4) is 34.2 Å². The van der Waals surface area contributed by atoms with Crippen LogP contribution in [-0.4, -0.2) is 7.11 Å². The van der Waals surface area contributed by atoms with Crippen LogP contribution in [0.2, 0.25) is 0 Å². The zero-order chi connectivity index (χ0) is 17.1. The zero-order valence-corrected chi connectivity index (χ0v) is 13.9. The lowest BCUT2D eigenvalue weighted by Crippen LogP contribution is -2.30. The number of methoxy groups -OCH3 is 1. The molecular weight excluding hydrogens is 310 g/mol. The van der Waals surface area contributed by atoms with E-state index in [9.17, 15) is 0 Å². The topological polar surface area (TPSA) is 26.2 Å². The number of rotatable bonds is 4. The van der Waals surface area contributed by atoms with Gasteiger partial charge in [-0.05, 0) is 24.3 Å². The first-order valence-electron chi connectivity index (χ1n) is 8.16. The highest BCUT2D eigenvalue weighted by Crippen LogP contribution is 2.27. The smallest absolute Gasteiger partial charge is 0.387 e. The first-order chi connectivity index (χ1) is 12.3. The molecule has 0 N–H and O–H groups in total. The quantitative estimate of drug-likeness (QED) is 0.498. The molecule has 0 amide bonds. The number of ether oxygens (including phenoxy) is 1. The third-order valence-corrected chi connectivity index (χ3v) is 4.10. The molecule has 4 aromatic rings. The predicted molar refractivity (Wildman–Crippen MR) is 97.7 cm³/mol.